The van der Waals surface area contributed by atoms with Crippen molar-refractivity contribution in [2.45, 2.75) is 6.92 Å². The van der Waals surface area contributed by atoms with Crippen LogP contribution in [0.15, 0.2) is 40.9 Å². The number of anilines is 1. The van der Waals surface area contributed by atoms with E-state index in [4.69, 9.17) is 5.11 Å². The molecule has 0 atom stereocenters. The average molecular weight is 337 g/mol. The van der Waals surface area contributed by atoms with Crippen molar-refractivity contribution in [3.63, 3.8) is 0 Å². The first-order valence-electron chi connectivity index (χ1n) is 6.51. The van der Waals surface area contributed by atoms with Crippen LogP contribution in [0.4, 0.5) is 10.5 Å². The number of carbonyl (C=O) groups excluding carboxylic acids is 1. The molecule has 0 heterocycles. The molecule has 0 aromatic heterocycles. The monoisotopic (exact) mass is 336 g/mol. The minimum atomic E-state index is -0.200. The van der Waals surface area contributed by atoms with Crippen LogP contribution in [0, 0.1) is 0 Å². The third-order valence-electron chi connectivity index (χ3n) is 3.15. The highest BCUT2D eigenvalue weighted by Gasteiger charge is 2.12. The number of carbonyl (C=O) groups is 1. The zero-order valence-electron chi connectivity index (χ0n) is 11.3. The van der Waals surface area contributed by atoms with Crippen LogP contribution in [0.3, 0.4) is 0 Å². The molecule has 0 aliphatic carbocycles. The van der Waals surface area contributed by atoms with Crippen LogP contribution in [0.1, 0.15) is 6.92 Å². The normalized spacial score (nSPS) is 10.6. The third-order valence-corrected chi connectivity index (χ3v) is 3.84. The van der Waals surface area contributed by atoms with Gasteiger partial charge in [-0.2, -0.15) is 0 Å². The van der Waals surface area contributed by atoms with Crippen LogP contribution in [-0.2, 0) is 0 Å². The third kappa shape index (κ3) is 3.11. The lowest BCUT2D eigenvalue weighted by Gasteiger charge is -2.21. The number of fused-ring (bicyclic) bond motifs is 1. The summed E-state index contributed by atoms with van der Waals surface area (Å²) in [7, 11) is 0. The van der Waals surface area contributed by atoms with Gasteiger partial charge in [-0.05, 0) is 24.4 Å². The Hall–Kier alpha value is -1.59. The zero-order valence-corrected chi connectivity index (χ0v) is 12.9. The van der Waals surface area contributed by atoms with Crippen molar-refractivity contribution in [2.75, 3.05) is 25.0 Å². The topological polar surface area (TPSA) is 52.6 Å². The molecular weight excluding hydrogens is 320 g/mol. The Labute approximate surface area is 126 Å². The maximum absolute atomic E-state index is 12.2. The molecule has 0 aliphatic rings. The molecule has 0 unspecified atom stereocenters. The fourth-order valence-electron chi connectivity index (χ4n) is 2.09. The van der Waals surface area contributed by atoms with Gasteiger partial charge in [-0.3, -0.25) is 0 Å². The summed E-state index contributed by atoms with van der Waals surface area (Å²) in [5.74, 6) is 0. The molecule has 2 amide bonds. The minimum absolute atomic E-state index is 0.0393. The van der Waals surface area contributed by atoms with Gasteiger partial charge >= 0.3 is 6.03 Å². The van der Waals surface area contributed by atoms with E-state index < -0.39 is 0 Å². The summed E-state index contributed by atoms with van der Waals surface area (Å²) in [6.45, 7) is 2.73. The van der Waals surface area contributed by atoms with Gasteiger partial charge in [-0.15, -0.1) is 0 Å². The summed E-state index contributed by atoms with van der Waals surface area (Å²) < 4.78 is 0.994. The maximum Gasteiger partial charge on any atom is 0.321 e. The Morgan fingerprint density at radius 2 is 1.95 bits per heavy atom. The second-order valence-electron chi connectivity index (χ2n) is 4.37. The van der Waals surface area contributed by atoms with E-state index in [2.05, 4.69) is 21.2 Å². The van der Waals surface area contributed by atoms with E-state index >= 15 is 0 Å². The van der Waals surface area contributed by atoms with Gasteiger partial charge in [-0.1, -0.05) is 40.2 Å². The van der Waals surface area contributed by atoms with E-state index in [0.717, 1.165) is 20.9 Å². The lowest BCUT2D eigenvalue weighted by atomic mass is 10.1. The largest absolute Gasteiger partial charge is 0.395 e. The summed E-state index contributed by atoms with van der Waals surface area (Å²) in [6.07, 6.45) is 0. The highest BCUT2D eigenvalue weighted by Crippen LogP contribution is 2.30. The molecule has 4 nitrogen and oxygen atoms in total. The quantitative estimate of drug-likeness (QED) is 0.898. The van der Waals surface area contributed by atoms with Gasteiger partial charge in [0, 0.05) is 22.9 Å². The van der Waals surface area contributed by atoms with Gasteiger partial charge in [0.2, 0.25) is 0 Å². The predicted octanol–water partition coefficient (Wildman–Crippen LogP) is 3.45. The first-order chi connectivity index (χ1) is 9.67. The second-order valence-corrected chi connectivity index (χ2v) is 5.23. The lowest BCUT2D eigenvalue weighted by molar-refractivity contribution is 0.192. The van der Waals surface area contributed by atoms with Crippen molar-refractivity contribution in [3.05, 3.63) is 40.9 Å². The number of nitrogens with zero attached hydrogens (tertiary/aromatic N) is 1. The molecule has 2 N–H and O–H groups in total. The summed E-state index contributed by atoms with van der Waals surface area (Å²) in [5.41, 5.74) is 0.769. The Balaban J connectivity index is 2.30. The van der Waals surface area contributed by atoms with E-state index in [0.29, 0.717) is 13.1 Å². The number of urea groups is 1. The molecular formula is C15H17BrN2O2. The van der Waals surface area contributed by atoms with Crippen LogP contribution < -0.4 is 5.32 Å². The van der Waals surface area contributed by atoms with Crippen LogP contribution in [0.2, 0.25) is 0 Å². The van der Waals surface area contributed by atoms with Crippen molar-refractivity contribution >= 4 is 38.4 Å². The molecule has 20 heavy (non-hydrogen) atoms. The second kappa shape index (κ2) is 6.72. The number of benzene rings is 2. The molecule has 0 saturated carbocycles. The summed E-state index contributed by atoms with van der Waals surface area (Å²) in [6, 6.07) is 11.5. The molecule has 5 heteroatoms. The van der Waals surface area contributed by atoms with Crippen LogP contribution in [-0.4, -0.2) is 35.7 Å². The highest BCUT2D eigenvalue weighted by atomic mass is 79.9. The molecule has 0 radical (unpaired) electrons. The maximum atomic E-state index is 12.2. The Kier molecular flexibility index (Phi) is 4.98. The molecule has 0 saturated heterocycles. The fourth-order valence-corrected chi connectivity index (χ4v) is 2.57. The van der Waals surface area contributed by atoms with Crippen LogP contribution >= 0.6 is 15.9 Å². The molecule has 2 aromatic rings. The first kappa shape index (κ1) is 14.8. The van der Waals surface area contributed by atoms with Gasteiger partial charge in [0.15, 0.2) is 0 Å². The number of aliphatic hydroxyl groups excluding tert-OH is 1. The Bertz CT molecular complexity index is 616. The number of hydrogen-bond donors (Lipinski definition) is 2. The summed E-state index contributed by atoms with van der Waals surface area (Å²) in [5, 5.41) is 13.9. The van der Waals surface area contributed by atoms with Gasteiger partial charge in [-0.25, -0.2) is 4.79 Å². The molecule has 0 spiro atoms. The molecule has 0 fully saturated rings. The van der Waals surface area contributed by atoms with E-state index in [1.54, 1.807) is 4.90 Å². The van der Waals surface area contributed by atoms with E-state index in [9.17, 15) is 4.79 Å². The van der Waals surface area contributed by atoms with Crippen molar-refractivity contribution < 1.29 is 9.90 Å². The van der Waals surface area contributed by atoms with E-state index in [-0.39, 0.29) is 12.6 Å². The number of rotatable bonds is 4. The fraction of sp³-hybridized carbons (Fsp3) is 0.267. The van der Waals surface area contributed by atoms with Crippen molar-refractivity contribution in [1.29, 1.82) is 0 Å². The Morgan fingerprint density at radius 1 is 1.25 bits per heavy atom. The van der Waals surface area contributed by atoms with E-state index in [1.807, 2.05) is 43.3 Å². The molecule has 0 aliphatic heterocycles. The lowest BCUT2D eigenvalue weighted by Crippen LogP contribution is -2.36. The van der Waals surface area contributed by atoms with Gasteiger partial charge in [0.25, 0.3) is 0 Å². The SMILES string of the molecule is CCN(CCO)C(=O)Nc1ccc(Br)c2ccccc12. The summed E-state index contributed by atoms with van der Waals surface area (Å²) >= 11 is 3.51. The number of halogens is 1. The number of hydrogen-bond acceptors (Lipinski definition) is 2. The van der Waals surface area contributed by atoms with Crippen molar-refractivity contribution in [2.24, 2.45) is 0 Å². The molecule has 2 aromatic carbocycles. The number of aliphatic hydroxyl groups is 1. The van der Waals surface area contributed by atoms with Crippen molar-refractivity contribution in [3.8, 4) is 0 Å². The Morgan fingerprint density at radius 3 is 2.60 bits per heavy atom. The summed E-state index contributed by atoms with van der Waals surface area (Å²) in [4.78, 5) is 13.7. The smallest absolute Gasteiger partial charge is 0.321 e. The number of nitrogens with one attached hydrogen (secondary N) is 1. The van der Waals surface area contributed by atoms with Gasteiger partial charge in [0.1, 0.15) is 0 Å². The van der Waals surface area contributed by atoms with Gasteiger partial charge in [0.05, 0.1) is 12.3 Å². The number of amides is 2. The van der Waals surface area contributed by atoms with Crippen LogP contribution in [0.25, 0.3) is 10.8 Å². The zero-order chi connectivity index (χ0) is 14.5. The first-order valence-corrected chi connectivity index (χ1v) is 7.30. The van der Waals surface area contributed by atoms with E-state index in [1.165, 1.54) is 0 Å². The van der Waals surface area contributed by atoms with Crippen molar-refractivity contribution in [1.82, 2.24) is 4.90 Å². The molecule has 2 rings (SSSR count). The predicted molar refractivity (Wildman–Crippen MR) is 85.0 cm³/mol. The van der Waals surface area contributed by atoms with Gasteiger partial charge < -0.3 is 15.3 Å². The van der Waals surface area contributed by atoms with Crippen LogP contribution in [0.5, 0.6) is 0 Å². The average Bonchev–Trinajstić information content (AvgIpc) is 2.48. The minimum Gasteiger partial charge on any atom is -0.395 e. The number of likely N-dealkylation sites (N-methyl/N-ethyl adjacent to an activating group) is 1. The highest BCUT2D eigenvalue weighted by molar-refractivity contribution is 9.10. The molecule has 106 valence electrons. The molecule has 0 bridgehead atoms. The standard InChI is InChI=1S/C15H17BrN2O2/c1-2-18(9-10-19)15(20)17-14-8-7-13(16)11-5-3-4-6-12(11)14/h3-8,19H,2,9-10H2,1H3,(H,17,20).